The van der Waals surface area contributed by atoms with Gasteiger partial charge in [0.15, 0.2) is 0 Å². The number of nitrogens with zero attached hydrogens (tertiary/aromatic N) is 1. The lowest BCUT2D eigenvalue weighted by atomic mass is 10.1. The average molecular weight is 225 g/mol. The van der Waals surface area contributed by atoms with Crippen molar-refractivity contribution in [1.82, 2.24) is 15.5 Å². The van der Waals surface area contributed by atoms with Gasteiger partial charge in [-0.2, -0.15) is 0 Å². The second-order valence-electron chi connectivity index (χ2n) is 4.23. The zero-order valence-corrected chi connectivity index (χ0v) is 10.5. The first kappa shape index (κ1) is 12.9. The Kier molecular flexibility index (Phi) is 5.19. The average Bonchev–Trinajstić information content (AvgIpc) is 2.29. The van der Waals surface area contributed by atoms with E-state index in [-0.39, 0.29) is 0 Å². The molecule has 1 saturated heterocycles. The van der Waals surface area contributed by atoms with E-state index in [9.17, 15) is 0 Å². The molecule has 0 atom stereocenters. The molecule has 4 heteroatoms. The van der Waals surface area contributed by atoms with E-state index in [4.69, 9.17) is 4.74 Å². The Labute approximate surface area is 98.3 Å². The molecule has 16 heavy (non-hydrogen) atoms. The van der Waals surface area contributed by atoms with Crippen LogP contribution in [0.25, 0.3) is 0 Å². The molecule has 0 saturated carbocycles. The van der Waals surface area contributed by atoms with Crippen molar-refractivity contribution in [2.75, 3.05) is 34.4 Å². The van der Waals surface area contributed by atoms with Crippen molar-refractivity contribution in [3.8, 4) is 0 Å². The van der Waals surface area contributed by atoms with Gasteiger partial charge in [-0.1, -0.05) is 6.58 Å². The molecular weight excluding hydrogens is 202 g/mol. The van der Waals surface area contributed by atoms with Gasteiger partial charge < -0.3 is 20.3 Å². The molecule has 0 aromatic carbocycles. The summed E-state index contributed by atoms with van der Waals surface area (Å²) in [6, 6.07) is 0.507. The largest absolute Gasteiger partial charge is 0.388 e. The molecule has 4 nitrogen and oxygen atoms in total. The predicted molar refractivity (Wildman–Crippen MR) is 66.9 cm³/mol. The van der Waals surface area contributed by atoms with Crippen LogP contribution in [0.3, 0.4) is 0 Å². The Bertz CT molecular complexity index is 255. The Morgan fingerprint density at radius 1 is 1.38 bits per heavy atom. The van der Waals surface area contributed by atoms with Crippen molar-refractivity contribution >= 4 is 0 Å². The lowest BCUT2D eigenvalue weighted by Gasteiger charge is -2.28. The van der Waals surface area contributed by atoms with Crippen LogP contribution in [0.4, 0.5) is 0 Å². The SMILES string of the molecule is C=C(/C=C(/NC1CCOCC1)N(C)C)NC. The van der Waals surface area contributed by atoms with Crippen LogP contribution in [0.15, 0.2) is 24.2 Å². The van der Waals surface area contributed by atoms with E-state index in [2.05, 4.69) is 22.1 Å². The first-order chi connectivity index (χ1) is 7.63. The summed E-state index contributed by atoms with van der Waals surface area (Å²) in [5.74, 6) is 1.09. The maximum atomic E-state index is 5.34. The van der Waals surface area contributed by atoms with Gasteiger partial charge in [-0.05, 0) is 12.8 Å². The predicted octanol–water partition coefficient (Wildman–Crippen LogP) is 0.891. The molecule has 1 aliphatic heterocycles. The first-order valence-corrected chi connectivity index (χ1v) is 5.73. The molecule has 1 aliphatic rings. The van der Waals surface area contributed by atoms with E-state index >= 15 is 0 Å². The van der Waals surface area contributed by atoms with Gasteiger partial charge in [0, 0.05) is 52.2 Å². The van der Waals surface area contributed by atoms with Gasteiger partial charge in [0.25, 0.3) is 0 Å². The van der Waals surface area contributed by atoms with Crippen LogP contribution < -0.4 is 10.6 Å². The Hall–Kier alpha value is -1.16. The molecule has 1 rings (SSSR count). The highest BCUT2D eigenvalue weighted by Gasteiger charge is 2.14. The van der Waals surface area contributed by atoms with Gasteiger partial charge >= 0.3 is 0 Å². The fourth-order valence-corrected chi connectivity index (χ4v) is 1.59. The van der Waals surface area contributed by atoms with Gasteiger partial charge in [0.05, 0.1) is 0 Å². The van der Waals surface area contributed by atoms with Gasteiger partial charge in [-0.3, -0.25) is 0 Å². The third kappa shape index (κ3) is 4.14. The number of likely N-dealkylation sites (N-methyl/N-ethyl adjacent to an activating group) is 1. The number of hydrogen-bond donors (Lipinski definition) is 2. The Balaban J connectivity index is 2.56. The van der Waals surface area contributed by atoms with E-state index < -0.39 is 0 Å². The third-order valence-corrected chi connectivity index (χ3v) is 2.69. The molecule has 1 fully saturated rings. The molecule has 0 unspecified atom stereocenters. The molecule has 0 radical (unpaired) electrons. The first-order valence-electron chi connectivity index (χ1n) is 5.73. The van der Waals surface area contributed by atoms with E-state index in [0.29, 0.717) is 6.04 Å². The third-order valence-electron chi connectivity index (χ3n) is 2.69. The van der Waals surface area contributed by atoms with E-state index in [1.807, 2.05) is 27.2 Å². The summed E-state index contributed by atoms with van der Waals surface area (Å²) >= 11 is 0. The van der Waals surface area contributed by atoms with Gasteiger partial charge in [0.1, 0.15) is 5.82 Å². The van der Waals surface area contributed by atoms with Crippen molar-refractivity contribution in [3.63, 3.8) is 0 Å². The number of hydrogen-bond acceptors (Lipinski definition) is 4. The molecule has 0 aromatic heterocycles. The standard InChI is InChI=1S/C12H23N3O/c1-10(13-2)9-12(15(3)4)14-11-5-7-16-8-6-11/h9,11,13-14H,1,5-8H2,2-4H3/b12-9-. The number of allylic oxidation sites excluding steroid dienone is 1. The fourth-order valence-electron chi connectivity index (χ4n) is 1.59. The minimum absolute atomic E-state index is 0.507. The van der Waals surface area contributed by atoms with Gasteiger partial charge in [-0.15, -0.1) is 0 Å². The highest BCUT2D eigenvalue weighted by molar-refractivity contribution is 5.17. The maximum Gasteiger partial charge on any atom is 0.103 e. The summed E-state index contributed by atoms with van der Waals surface area (Å²) in [5, 5.41) is 6.55. The van der Waals surface area contributed by atoms with Crippen LogP contribution in [0, 0.1) is 0 Å². The lowest BCUT2D eigenvalue weighted by molar-refractivity contribution is 0.0786. The van der Waals surface area contributed by atoms with Gasteiger partial charge in [0.2, 0.25) is 0 Å². The van der Waals surface area contributed by atoms with E-state index in [1.54, 1.807) is 0 Å². The second kappa shape index (κ2) is 6.43. The minimum Gasteiger partial charge on any atom is -0.388 e. The van der Waals surface area contributed by atoms with Crippen molar-refractivity contribution in [1.29, 1.82) is 0 Å². The molecule has 2 N–H and O–H groups in total. The molecule has 0 amide bonds. The van der Waals surface area contributed by atoms with Crippen molar-refractivity contribution in [3.05, 3.63) is 24.2 Å². The summed E-state index contributed by atoms with van der Waals surface area (Å²) in [6.07, 6.45) is 4.16. The van der Waals surface area contributed by atoms with Crippen LogP contribution in [0.5, 0.6) is 0 Å². The zero-order valence-electron chi connectivity index (χ0n) is 10.5. The van der Waals surface area contributed by atoms with Crippen LogP contribution >= 0.6 is 0 Å². The number of nitrogens with one attached hydrogen (secondary N) is 2. The molecule has 92 valence electrons. The van der Waals surface area contributed by atoms with Crippen LogP contribution in [-0.2, 0) is 4.74 Å². The van der Waals surface area contributed by atoms with Crippen molar-refractivity contribution < 1.29 is 4.74 Å². The molecule has 0 spiro atoms. The van der Waals surface area contributed by atoms with Crippen LogP contribution in [0.2, 0.25) is 0 Å². The highest BCUT2D eigenvalue weighted by atomic mass is 16.5. The van der Waals surface area contributed by atoms with E-state index in [1.165, 1.54) is 0 Å². The quantitative estimate of drug-likeness (QED) is 0.681. The molecule has 0 bridgehead atoms. The van der Waals surface area contributed by atoms with Crippen LogP contribution in [0.1, 0.15) is 12.8 Å². The van der Waals surface area contributed by atoms with Crippen molar-refractivity contribution in [2.45, 2.75) is 18.9 Å². The Morgan fingerprint density at radius 3 is 2.50 bits per heavy atom. The number of rotatable bonds is 5. The van der Waals surface area contributed by atoms with Gasteiger partial charge in [-0.25, -0.2) is 0 Å². The van der Waals surface area contributed by atoms with E-state index in [0.717, 1.165) is 37.6 Å². The molecule has 0 aromatic rings. The monoisotopic (exact) mass is 225 g/mol. The summed E-state index contributed by atoms with van der Waals surface area (Å²) in [7, 11) is 5.93. The summed E-state index contributed by atoms with van der Waals surface area (Å²) in [5.41, 5.74) is 0.906. The smallest absolute Gasteiger partial charge is 0.103 e. The highest BCUT2D eigenvalue weighted by Crippen LogP contribution is 2.09. The zero-order chi connectivity index (χ0) is 12.0. The maximum absolute atomic E-state index is 5.34. The van der Waals surface area contributed by atoms with Crippen LogP contribution in [-0.4, -0.2) is 45.3 Å². The molecule has 1 heterocycles. The Morgan fingerprint density at radius 2 is 2.00 bits per heavy atom. The fraction of sp³-hybridized carbons (Fsp3) is 0.667. The summed E-state index contributed by atoms with van der Waals surface area (Å²) in [4.78, 5) is 2.07. The molecule has 0 aliphatic carbocycles. The topological polar surface area (TPSA) is 36.5 Å². The summed E-state index contributed by atoms with van der Waals surface area (Å²) < 4.78 is 5.34. The minimum atomic E-state index is 0.507. The lowest BCUT2D eigenvalue weighted by Crippen LogP contribution is -2.38. The second-order valence-corrected chi connectivity index (χ2v) is 4.23. The molecular formula is C12H23N3O. The van der Waals surface area contributed by atoms with Crippen molar-refractivity contribution in [2.24, 2.45) is 0 Å². The normalized spacial score (nSPS) is 18.1. The summed E-state index contributed by atoms with van der Waals surface area (Å²) in [6.45, 7) is 5.61. The number of ether oxygens (including phenoxy) is 1.